The van der Waals surface area contributed by atoms with Gasteiger partial charge in [-0.1, -0.05) is 137 Å². The molecule has 0 aliphatic rings. The van der Waals surface area contributed by atoms with Crippen LogP contribution in [-0.2, 0) is 14.4 Å². The van der Waals surface area contributed by atoms with E-state index in [2.05, 4.69) is 6.92 Å². The first-order valence-corrected chi connectivity index (χ1v) is 16.8. The van der Waals surface area contributed by atoms with Gasteiger partial charge in [0.2, 0.25) is 0 Å². The van der Waals surface area contributed by atoms with Gasteiger partial charge in [-0.05, 0) is 12.8 Å². The SMILES string of the molecule is CCCCCCCCCCCCCCCCCCCCC[N+](C(CC)C(=O)[O-])(C(CC)C(=O)O)C(CC)C(=O)O. The maximum absolute atomic E-state index is 12.2. The molecule has 0 amide bonds. The number of quaternary nitrogens is 1. The first-order chi connectivity index (χ1) is 19.2. The van der Waals surface area contributed by atoms with Crippen LogP contribution >= 0.6 is 0 Å². The van der Waals surface area contributed by atoms with Crippen LogP contribution < -0.4 is 5.11 Å². The molecule has 0 aromatic heterocycles. The zero-order chi connectivity index (χ0) is 30.2. The van der Waals surface area contributed by atoms with E-state index in [1.165, 1.54) is 96.3 Å². The molecule has 0 heterocycles. The van der Waals surface area contributed by atoms with E-state index in [1.54, 1.807) is 20.8 Å². The molecule has 0 saturated carbocycles. The highest BCUT2D eigenvalue weighted by molar-refractivity contribution is 5.77. The Morgan fingerprint density at radius 2 is 0.775 bits per heavy atom. The monoisotopic (exact) mass is 569 g/mol. The van der Waals surface area contributed by atoms with Gasteiger partial charge in [0, 0.05) is 19.3 Å². The summed E-state index contributed by atoms with van der Waals surface area (Å²) < 4.78 is -0.463. The molecule has 0 spiro atoms. The van der Waals surface area contributed by atoms with E-state index < -0.39 is 40.5 Å². The summed E-state index contributed by atoms with van der Waals surface area (Å²) in [7, 11) is 0. The highest BCUT2D eigenvalue weighted by atomic mass is 16.4. The Hall–Kier alpha value is -1.63. The number of aliphatic carboxylic acids is 3. The minimum atomic E-state index is -1.36. The molecule has 2 N–H and O–H groups in total. The van der Waals surface area contributed by atoms with E-state index >= 15 is 0 Å². The Bertz CT molecular complexity index is 612. The Morgan fingerprint density at radius 1 is 0.500 bits per heavy atom. The maximum atomic E-state index is 12.2. The standard InChI is InChI=1S/C33H63NO6/c1-5-9-10-11-12-13-14-15-16-17-18-19-20-21-22-23-24-25-26-27-34(28(6-2)31(35)36,29(7-3)32(37)38)30(8-4)33(39)40/h28-30H,5-27H2,1-4H3,(H2-,35,36,37,38,39,40). The highest BCUT2D eigenvalue weighted by Crippen LogP contribution is 2.32. The van der Waals surface area contributed by atoms with Crippen LogP contribution in [0.3, 0.4) is 0 Å². The molecule has 0 aliphatic carbocycles. The lowest BCUT2D eigenvalue weighted by atomic mass is 9.93. The van der Waals surface area contributed by atoms with Crippen molar-refractivity contribution in [1.82, 2.24) is 0 Å². The predicted molar refractivity (Wildman–Crippen MR) is 161 cm³/mol. The van der Waals surface area contributed by atoms with Crippen molar-refractivity contribution < 1.29 is 34.2 Å². The molecule has 0 aromatic rings. The second kappa shape index (κ2) is 24.0. The zero-order valence-corrected chi connectivity index (χ0v) is 26.5. The maximum Gasteiger partial charge on any atom is 0.362 e. The number of nitrogens with zero attached hydrogens (tertiary/aromatic N) is 1. The number of hydrogen-bond donors (Lipinski definition) is 2. The van der Waals surface area contributed by atoms with Gasteiger partial charge < -0.3 is 20.1 Å². The molecule has 0 bridgehead atoms. The van der Waals surface area contributed by atoms with Gasteiger partial charge in [-0.3, -0.25) is 4.48 Å². The molecule has 0 rings (SSSR count). The van der Waals surface area contributed by atoms with Crippen LogP contribution in [-0.4, -0.2) is 57.3 Å². The Labute approximate surface area is 245 Å². The van der Waals surface area contributed by atoms with Crippen LogP contribution in [0, 0.1) is 0 Å². The number of carboxylic acid groups (broad SMARTS) is 3. The average molecular weight is 570 g/mol. The van der Waals surface area contributed by atoms with Crippen molar-refractivity contribution in [2.75, 3.05) is 6.54 Å². The molecule has 0 saturated heterocycles. The number of rotatable bonds is 29. The number of unbranched alkanes of at least 4 members (excludes halogenated alkanes) is 18. The smallest absolute Gasteiger partial charge is 0.362 e. The quantitative estimate of drug-likeness (QED) is 0.0712. The fraction of sp³-hybridized carbons (Fsp3) is 0.909. The molecule has 3 unspecified atom stereocenters. The minimum absolute atomic E-state index is 0.134. The van der Waals surface area contributed by atoms with E-state index in [1.807, 2.05) is 0 Å². The van der Waals surface area contributed by atoms with Gasteiger partial charge in [0.25, 0.3) is 0 Å². The van der Waals surface area contributed by atoms with Crippen molar-refractivity contribution in [2.24, 2.45) is 0 Å². The van der Waals surface area contributed by atoms with Crippen LogP contribution in [0.15, 0.2) is 0 Å². The summed E-state index contributed by atoms with van der Waals surface area (Å²) in [5.74, 6) is -3.64. The molecule has 0 aliphatic heterocycles. The number of carbonyl (C=O) groups is 3. The van der Waals surface area contributed by atoms with E-state index in [4.69, 9.17) is 0 Å². The Balaban J connectivity index is 4.44. The van der Waals surface area contributed by atoms with E-state index in [9.17, 15) is 29.7 Å². The molecule has 0 fully saturated rings. The lowest BCUT2D eigenvalue weighted by Gasteiger charge is -2.51. The summed E-state index contributed by atoms with van der Waals surface area (Å²) in [4.78, 5) is 36.6. The molecule has 236 valence electrons. The van der Waals surface area contributed by atoms with Crippen LogP contribution in [0.5, 0.6) is 0 Å². The number of carboxylic acids is 3. The highest BCUT2D eigenvalue weighted by Gasteiger charge is 2.53. The van der Waals surface area contributed by atoms with Crippen molar-refractivity contribution in [3.8, 4) is 0 Å². The van der Waals surface area contributed by atoms with Crippen LogP contribution in [0.4, 0.5) is 0 Å². The van der Waals surface area contributed by atoms with E-state index in [0.717, 1.165) is 19.3 Å². The topological polar surface area (TPSA) is 115 Å². The summed E-state index contributed by atoms with van der Waals surface area (Å²) in [6, 6.07) is -3.36. The fourth-order valence-corrected chi connectivity index (χ4v) is 6.73. The van der Waals surface area contributed by atoms with E-state index in [0.29, 0.717) is 6.42 Å². The number of carbonyl (C=O) groups excluding carboxylic acids is 1. The van der Waals surface area contributed by atoms with Crippen molar-refractivity contribution in [3.63, 3.8) is 0 Å². The predicted octanol–water partition coefficient (Wildman–Crippen LogP) is 7.49. The molecule has 0 radical (unpaired) electrons. The lowest BCUT2D eigenvalue weighted by Crippen LogP contribution is -2.73. The minimum Gasteiger partial charge on any atom is -0.544 e. The molecule has 3 atom stereocenters. The van der Waals surface area contributed by atoms with Crippen LogP contribution in [0.2, 0.25) is 0 Å². The first-order valence-electron chi connectivity index (χ1n) is 16.8. The third-order valence-electron chi connectivity index (χ3n) is 8.89. The Morgan fingerprint density at radius 3 is 1.00 bits per heavy atom. The van der Waals surface area contributed by atoms with Gasteiger partial charge in [0.05, 0.1) is 12.5 Å². The third-order valence-corrected chi connectivity index (χ3v) is 8.89. The molecule has 0 aromatic carbocycles. The van der Waals surface area contributed by atoms with Gasteiger partial charge in [-0.15, -0.1) is 0 Å². The average Bonchev–Trinajstić information content (AvgIpc) is 2.90. The summed E-state index contributed by atoms with van der Waals surface area (Å²) in [6.07, 6.45) is 24.1. The van der Waals surface area contributed by atoms with E-state index in [-0.39, 0.29) is 25.8 Å². The molecular formula is C33H63NO6. The van der Waals surface area contributed by atoms with Crippen LogP contribution in [0.1, 0.15) is 169 Å². The number of hydrogen-bond acceptors (Lipinski definition) is 4. The first kappa shape index (κ1) is 38.4. The van der Waals surface area contributed by atoms with Crippen molar-refractivity contribution in [3.05, 3.63) is 0 Å². The molecule has 7 heteroatoms. The second-order valence-electron chi connectivity index (χ2n) is 11.9. The van der Waals surface area contributed by atoms with Crippen molar-refractivity contribution >= 4 is 17.9 Å². The second-order valence-corrected chi connectivity index (χ2v) is 11.9. The normalized spacial score (nSPS) is 15.3. The summed E-state index contributed by atoms with van der Waals surface area (Å²) >= 11 is 0. The van der Waals surface area contributed by atoms with Crippen molar-refractivity contribution in [2.45, 2.75) is 187 Å². The Kier molecular flexibility index (Phi) is 23.0. The molecule has 40 heavy (non-hydrogen) atoms. The largest absolute Gasteiger partial charge is 0.544 e. The summed E-state index contributed by atoms with van der Waals surface area (Å²) in [6.45, 7) is 7.55. The third kappa shape index (κ3) is 14.3. The van der Waals surface area contributed by atoms with Crippen LogP contribution in [0.25, 0.3) is 0 Å². The summed E-state index contributed by atoms with van der Waals surface area (Å²) in [5, 5.41) is 32.1. The molecule has 7 nitrogen and oxygen atoms in total. The van der Waals surface area contributed by atoms with Gasteiger partial charge >= 0.3 is 11.9 Å². The summed E-state index contributed by atoms with van der Waals surface area (Å²) in [5.41, 5.74) is 0. The van der Waals surface area contributed by atoms with Gasteiger partial charge in [0.15, 0.2) is 12.1 Å². The lowest BCUT2D eigenvalue weighted by molar-refractivity contribution is -0.974. The van der Waals surface area contributed by atoms with Gasteiger partial charge in [-0.2, -0.15) is 0 Å². The zero-order valence-electron chi connectivity index (χ0n) is 26.5. The molecular weight excluding hydrogens is 506 g/mol. The van der Waals surface area contributed by atoms with Gasteiger partial charge in [0.1, 0.15) is 6.04 Å². The van der Waals surface area contributed by atoms with Gasteiger partial charge in [-0.25, -0.2) is 9.59 Å². The van der Waals surface area contributed by atoms with Crippen molar-refractivity contribution in [1.29, 1.82) is 0 Å². The fourth-order valence-electron chi connectivity index (χ4n) is 6.73.